The third kappa shape index (κ3) is 7.03. The Hall–Kier alpha value is -3.38. The fourth-order valence-electron chi connectivity index (χ4n) is 3.79. The molecular weight excluding hydrogens is 554 g/mol. The largest absolute Gasteiger partial charge is 0.453 e. The molecule has 3 rings (SSSR count). The molecule has 0 spiro atoms. The molecule has 4 N–H and O–H groups in total. The van der Waals surface area contributed by atoms with Gasteiger partial charge in [0, 0.05) is 34.8 Å². The van der Waals surface area contributed by atoms with Crippen LogP contribution in [0.25, 0.3) is 22.6 Å². The van der Waals surface area contributed by atoms with E-state index < -0.39 is 21.4 Å². The maximum Gasteiger partial charge on any atom is 0.407 e. The van der Waals surface area contributed by atoms with Crippen LogP contribution in [0.15, 0.2) is 18.3 Å². The first-order valence-corrected chi connectivity index (χ1v) is 14.8. The molecule has 40 heavy (non-hydrogen) atoms. The van der Waals surface area contributed by atoms with Gasteiger partial charge in [-0.05, 0) is 57.9 Å². The zero-order valence-electron chi connectivity index (χ0n) is 24.4. The van der Waals surface area contributed by atoms with Crippen molar-refractivity contribution in [2.45, 2.75) is 72.1 Å². The van der Waals surface area contributed by atoms with Gasteiger partial charge in [0.2, 0.25) is 16.0 Å². The number of H-pyrrole nitrogens is 1. The number of carbonyl (C=O) groups is 1. The summed E-state index contributed by atoms with van der Waals surface area (Å²) in [6.07, 6.45) is 1.10. The van der Waals surface area contributed by atoms with Crippen molar-refractivity contribution in [1.82, 2.24) is 25.3 Å². The summed E-state index contributed by atoms with van der Waals surface area (Å²) >= 11 is 6.64. The Bertz CT molecular complexity index is 1500. The van der Waals surface area contributed by atoms with Crippen LogP contribution in [0.5, 0.6) is 0 Å². The van der Waals surface area contributed by atoms with Gasteiger partial charge in [0.1, 0.15) is 5.82 Å². The second-order valence-electron chi connectivity index (χ2n) is 11.0. The average Bonchev–Trinajstić information content (AvgIpc) is 3.33. The zero-order chi connectivity index (χ0) is 30.0. The molecule has 0 saturated carbocycles. The molecule has 0 fully saturated rings. The number of imidazole rings is 1. The quantitative estimate of drug-likeness (QED) is 0.258. The third-order valence-corrected chi connectivity index (χ3v) is 8.47. The third-order valence-electron chi connectivity index (χ3n) is 6.35. The second-order valence-corrected chi connectivity index (χ2v) is 13.6. The lowest BCUT2D eigenvalue weighted by Crippen LogP contribution is -2.37. The molecular formula is C27H38ClN7O4S. The van der Waals surface area contributed by atoms with Crippen molar-refractivity contribution in [3.05, 3.63) is 40.3 Å². The molecule has 2 aromatic heterocycles. The highest BCUT2D eigenvalue weighted by Gasteiger charge is 2.27. The summed E-state index contributed by atoms with van der Waals surface area (Å²) in [5, 5.41) is 5.60. The normalized spacial score (nSPS) is 12.8. The number of halogens is 1. The van der Waals surface area contributed by atoms with E-state index >= 15 is 0 Å². The number of aromatic amines is 1. The molecule has 2 heterocycles. The van der Waals surface area contributed by atoms with Crippen LogP contribution in [-0.2, 0) is 20.2 Å². The summed E-state index contributed by atoms with van der Waals surface area (Å²) in [5.41, 5.74) is 3.89. The number of sulfonamides is 1. The van der Waals surface area contributed by atoms with Gasteiger partial charge in [0.05, 0.1) is 35.1 Å². The Labute approximate surface area is 241 Å². The Balaban J connectivity index is 2.12. The maximum absolute atomic E-state index is 12.8. The summed E-state index contributed by atoms with van der Waals surface area (Å²) in [6, 6.07) is 3.32. The van der Waals surface area contributed by atoms with E-state index in [2.05, 4.69) is 35.0 Å². The Kier molecular flexibility index (Phi) is 9.35. The Morgan fingerprint density at radius 2 is 1.82 bits per heavy atom. The summed E-state index contributed by atoms with van der Waals surface area (Å²) in [5.74, 6) is 1.08. The first kappa shape index (κ1) is 31.2. The number of amides is 1. The number of ether oxygens (including phenoxy) is 1. The van der Waals surface area contributed by atoms with E-state index in [4.69, 9.17) is 16.6 Å². The summed E-state index contributed by atoms with van der Waals surface area (Å²) in [7, 11) is -2.31. The minimum atomic E-state index is -3.62. The number of carbonyl (C=O) groups excluding carboxylic acids is 1. The number of nitrogens with zero attached hydrogens (tertiary/aromatic N) is 3. The van der Waals surface area contributed by atoms with Crippen molar-refractivity contribution in [2.75, 3.05) is 23.7 Å². The zero-order valence-corrected chi connectivity index (χ0v) is 25.9. The minimum Gasteiger partial charge on any atom is -0.453 e. The van der Waals surface area contributed by atoms with Crippen molar-refractivity contribution < 1.29 is 17.9 Å². The van der Waals surface area contributed by atoms with E-state index in [0.717, 1.165) is 5.82 Å². The number of methoxy groups -OCH3 is 1. The molecule has 1 aromatic carbocycles. The number of nitrogens with one attached hydrogen (secondary N) is 4. The molecule has 1 atom stereocenters. The molecule has 0 aliphatic heterocycles. The first-order chi connectivity index (χ1) is 18.5. The molecule has 0 saturated heterocycles. The van der Waals surface area contributed by atoms with Crippen LogP contribution in [0.4, 0.5) is 16.4 Å². The highest BCUT2D eigenvalue weighted by atomic mass is 35.5. The predicted molar refractivity (Wildman–Crippen MR) is 159 cm³/mol. The molecule has 0 radical (unpaired) electrons. The average molecular weight is 592 g/mol. The van der Waals surface area contributed by atoms with Crippen LogP contribution in [0, 0.1) is 13.8 Å². The van der Waals surface area contributed by atoms with Gasteiger partial charge in [-0.15, -0.1) is 0 Å². The predicted octanol–water partition coefficient (Wildman–Crippen LogP) is 5.41. The van der Waals surface area contributed by atoms with Gasteiger partial charge in [-0.25, -0.2) is 28.2 Å². The van der Waals surface area contributed by atoms with E-state index in [1.807, 2.05) is 34.6 Å². The SMILES string of the molecule is COC(=O)N[C@@H](C)CNc1nccc(-c2[nH]c(C(C)(C)C)nc2-c2cc(Cl)c(C)c(NS(=O)(=O)C(C)C)c2C)n1. The van der Waals surface area contributed by atoms with Gasteiger partial charge in [-0.2, -0.15) is 0 Å². The fourth-order valence-corrected chi connectivity index (χ4v) is 4.82. The molecule has 3 aromatic rings. The molecule has 13 heteroatoms. The van der Waals surface area contributed by atoms with Crippen molar-refractivity contribution in [1.29, 1.82) is 0 Å². The van der Waals surface area contributed by atoms with Crippen LogP contribution in [0.1, 0.15) is 58.5 Å². The topological polar surface area (TPSA) is 151 Å². The molecule has 218 valence electrons. The number of hydrogen-bond donors (Lipinski definition) is 4. The molecule has 0 aliphatic carbocycles. The maximum atomic E-state index is 12.8. The van der Waals surface area contributed by atoms with Crippen molar-refractivity contribution in [3.63, 3.8) is 0 Å². The molecule has 1 amide bonds. The summed E-state index contributed by atoms with van der Waals surface area (Å²) in [6.45, 7) is 15.2. The number of benzene rings is 1. The van der Waals surface area contributed by atoms with Gasteiger partial charge >= 0.3 is 6.09 Å². The molecule has 0 bridgehead atoms. The Morgan fingerprint density at radius 3 is 2.42 bits per heavy atom. The van der Waals surface area contributed by atoms with Gasteiger partial charge in [-0.1, -0.05) is 32.4 Å². The monoisotopic (exact) mass is 591 g/mol. The van der Waals surface area contributed by atoms with E-state index in [0.29, 0.717) is 57.0 Å². The van der Waals surface area contributed by atoms with Crippen LogP contribution in [0.2, 0.25) is 5.02 Å². The lowest BCUT2D eigenvalue weighted by atomic mass is 9.96. The van der Waals surface area contributed by atoms with Gasteiger partial charge in [0.15, 0.2) is 0 Å². The van der Waals surface area contributed by atoms with Crippen LogP contribution in [0.3, 0.4) is 0 Å². The van der Waals surface area contributed by atoms with E-state index in [-0.39, 0.29) is 11.5 Å². The van der Waals surface area contributed by atoms with Crippen LogP contribution in [-0.4, -0.2) is 59.4 Å². The summed E-state index contributed by atoms with van der Waals surface area (Å²) in [4.78, 5) is 28.9. The van der Waals surface area contributed by atoms with Crippen LogP contribution >= 0.6 is 11.6 Å². The highest BCUT2D eigenvalue weighted by molar-refractivity contribution is 7.93. The van der Waals surface area contributed by atoms with E-state index in [9.17, 15) is 13.2 Å². The molecule has 11 nitrogen and oxygen atoms in total. The second kappa shape index (κ2) is 12.0. The van der Waals surface area contributed by atoms with Crippen molar-refractivity contribution in [3.8, 4) is 22.6 Å². The first-order valence-electron chi connectivity index (χ1n) is 12.9. The lowest BCUT2D eigenvalue weighted by molar-refractivity contribution is 0.168. The molecule has 0 aliphatic rings. The van der Waals surface area contributed by atoms with E-state index in [1.165, 1.54) is 7.11 Å². The number of alkyl carbamates (subject to hydrolysis) is 1. The van der Waals surface area contributed by atoms with Gasteiger partial charge < -0.3 is 20.4 Å². The number of hydrogen-bond acceptors (Lipinski definition) is 8. The smallest absolute Gasteiger partial charge is 0.407 e. The van der Waals surface area contributed by atoms with Gasteiger partial charge in [0.25, 0.3) is 0 Å². The number of rotatable bonds is 9. The highest BCUT2D eigenvalue weighted by Crippen LogP contribution is 2.40. The molecule has 0 unspecified atom stereocenters. The minimum absolute atomic E-state index is 0.236. The van der Waals surface area contributed by atoms with Crippen molar-refractivity contribution in [2.24, 2.45) is 0 Å². The Morgan fingerprint density at radius 1 is 1.15 bits per heavy atom. The number of anilines is 2. The summed E-state index contributed by atoms with van der Waals surface area (Å²) < 4.78 is 32.9. The van der Waals surface area contributed by atoms with Crippen LogP contribution < -0.4 is 15.4 Å². The van der Waals surface area contributed by atoms with Gasteiger partial charge in [-0.3, -0.25) is 4.72 Å². The standard InChI is InChI=1S/C27H38ClN7O4S/c1-14(2)40(37,38)35-21-16(4)18(12-19(28)17(21)5)22-23(34-24(33-22)27(6,7)8)20-10-11-29-25(32-20)30-13-15(3)31-26(36)39-9/h10-12,14-15,35H,13H2,1-9H3,(H,31,36)(H,33,34)(H,29,30,32)/t15-/m0/s1. The van der Waals surface area contributed by atoms with E-state index in [1.54, 1.807) is 39.1 Å². The number of aromatic nitrogens is 4. The van der Waals surface area contributed by atoms with Crippen molar-refractivity contribution >= 4 is 39.4 Å². The lowest BCUT2D eigenvalue weighted by Gasteiger charge is -2.19. The fraction of sp³-hybridized carbons (Fsp3) is 0.481.